The van der Waals surface area contributed by atoms with Crippen LogP contribution in [-0.4, -0.2) is 33.2 Å². The van der Waals surface area contributed by atoms with Gasteiger partial charge in [0.05, 0.1) is 12.6 Å². The van der Waals surface area contributed by atoms with E-state index in [1.54, 1.807) is 0 Å². The molecule has 1 aromatic rings. The average molecular weight is 301 g/mol. The van der Waals surface area contributed by atoms with Crippen molar-refractivity contribution in [1.82, 2.24) is 14.7 Å². The fraction of sp³-hybridized carbons (Fsp3) is 0.778. The van der Waals surface area contributed by atoms with Gasteiger partial charge in [-0.3, -0.25) is 9.48 Å². The molecule has 0 N–H and O–H groups in total. The molecule has 22 heavy (non-hydrogen) atoms. The number of amides is 1. The van der Waals surface area contributed by atoms with Gasteiger partial charge in [-0.1, -0.05) is 0 Å². The lowest BCUT2D eigenvalue weighted by Gasteiger charge is -2.36. The summed E-state index contributed by atoms with van der Waals surface area (Å²) in [7, 11) is 0. The van der Waals surface area contributed by atoms with Crippen molar-refractivity contribution in [2.75, 3.05) is 6.54 Å². The molecule has 1 unspecified atom stereocenters. The highest BCUT2D eigenvalue weighted by Crippen LogP contribution is 2.50. The van der Waals surface area contributed by atoms with Gasteiger partial charge in [0.15, 0.2) is 0 Å². The summed E-state index contributed by atoms with van der Waals surface area (Å²) in [4.78, 5) is 15.1. The number of rotatable bonds is 6. The van der Waals surface area contributed by atoms with Crippen molar-refractivity contribution in [2.24, 2.45) is 17.8 Å². The maximum atomic E-state index is 12.9. The molecule has 0 spiro atoms. The molecule has 1 atom stereocenters. The Hall–Kier alpha value is -1.32. The van der Waals surface area contributed by atoms with E-state index in [0.717, 1.165) is 37.8 Å². The van der Waals surface area contributed by atoms with E-state index in [-0.39, 0.29) is 0 Å². The van der Waals surface area contributed by atoms with Crippen LogP contribution in [0.3, 0.4) is 0 Å². The van der Waals surface area contributed by atoms with Crippen LogP contribution in [0.4, 0.5) is 0 Å². The first-order valence-electron chi connectivity index (χ1n) is 9.08. The third kappa shape index (κ3) is 3.21. The summed E-state index contributed by atoms with van der Waals surface area (Å²) < 4.78 is 1.98. The summed E-state index contributed by atoms with van der Waals surface area (Å²) in [6, 6.07) is 2.31. The van der Waals surface area contributed by atoms with Crippen molar-refractivity contribution >= 4 is 5.91 Å². The van der Waals surface area contributed by atoms with Gasteiger partial charge in [0.2, 0.25) is 5.91 Å². The summed E-state index contributed by atoms with van der Waals surface area (Å²) in [5.41, 5.74) is 0. The SMILES string of the molecule is O=C(CC(C1CC1)C1CC1)N1CCCCC1Cn1cccn1. The molecule has 4 nitrogen and oxygen atoms in total. The number of carbonyl (C=O) groups excluding carboxylic acids is 1. The molecule has 0 bridgehead atoms. The molecule has 1 amide bonds. The second-order valence-corrected chi connectivity index (χ2v) is 7.51. The smallest absolute Gasteiger partial charge is 0.223 e. The van der Waals surface area contributed by atoms with E-state index in [1.807, 2.05) is 23.1 Å². The van der Waals surface area contributed by atoms with Gasteiger partial charge >= 0.3 is 0 Å². The number of carbonyl (C=O) groups is 1. The number of hydrogen-bond acceptors (Lipinski definition) is 2. The van der Waals surface area contributed by atoms with E-state index in [4.69, 9.17) is 0 Å². The van der Waals surface area contributed by atoms with Crippen LogP contribution >= 0.6 is 0 Å². The average Bonchev–Trinajstić information content (AvgIpc) is 3.46. The first-order valence-corrected chi connectivity index (χ1v) is 9.08. The minimum absolute atomic E-state index is 0.347. The standard InChI is InChI=1S/C18H27N3O/c22-18(12-17(14-5-6-14)15-7-8-15)21-11-2-1-4-16(21)13-20-10-3-9-19-20/h3,9-10,14-17H,1-2,4-8,11-13H2. The molecule has 4 heteroatoms. The van der Waals surface area contributed by atoms with Gasteiger partial charge in [-0.25, -0.2) is 0 Å². The maximum Gasteiger partial charge on any atom is 0.223 e. The molecule has 2 saturated carbocycles. The molecule has 2 aliphatic carbocycles. The zero-order valence-electron chi connectivity index (χ0n) is 13.4. The van der Waals surface area contributed by atoms with Crippen molar-refractivity contribution in [3.05, 3.63) is 18.5 Å². The van der Waals surface area contributed by atoms with Crippen LogP contribution in [0.15, 0.2) is 18.5 Å². The van der Waals surface area contributed by atoms with Crippen LogP contribution in [0.2, 0.25) is 0 Å². The Bertz CT molecular complexity index is 492. The monoisotopic (exact) mass is 301 g/mol. The van der Waals surface area contributed by atoms with E-state index in [1.165, 1.54) is 38.5 Å². The van der Waals surface area contributed by atoms with Crippen molar-refractivity contribution in [2.45, 2.75) is 64.0 Å². The summed E-state index contributed by atoms with van der Waals surface area (Å²) in [6.45, 7) is 1.81. The fourth-order valence-corrected chi connectivity index (χ4v) is 4.23. The summed E-state index contributed by atoms with van der Waals surface area (Å²) in [5.74, 6) is 2.84. The van der Waals surface area contributed by atoms with Crippen molar-refractivity contribution in [3.8, 4) is 0 Å². The Morgan fingerprint density at radius 3 is 2.55 bits per heavy atom. The Labute approximate surface area is 132 Å². The van der Waals surface area contributed by atoms with Crippen molar-refractivity contribution in [1.29, 1.82) is 0 Å². The van der Waals surface area contributed by atoms with Crippen LogP contribution in [0.5, 0.6) is 0 Å². The number of piperidine rings is 1. The van der Waals surface area contributed by atoms with E-state index < -0.39 is 0 Å². The Morgan fingerprint density at radius 1 is 1.14 bits per heavy atom. The molecule has 1 saturated heterocycles. The van der Waals surface area contributed by atoms with Gasteiger partial charge in [-0.2, -0.15) is 5.10 Å². The highest BCUT2D eigenvalue weighted by Gasteiger charge is 2.43. The number of likely N-dealkylation sites (tertiary alicyclic amines) is 1. The molecule has 3 fully saturated rings. The van der Waals surface area contributed by atoms with Gasteiger partial charge in [0.25, 0.3) is 0 Å². The molecule has 4 rings (SSSR count). The van der Waals surface area contributed by atoms with Gasteiger partial charge < -0.3 is 4.90 Å². The topological polar surface area (TPSA) is 38.1 Å². The molecule has 120 valence electrons. The van der Waals surface area contributed by atoms with Gasteiger partial charge in [-0.15, -0.1) is 0 Å². The lowest BCUT2D eigenvalue weighted by molar-refractivity contribution is -0.136. The summed E-state index contributed by atoms with van der Waals surface area (Å²) in [6.07, 6.45) is 13.6. The highest BCUT2D eigenvalue weighted by atomic mass is 16.2. The molecule has 2 heterocycles. The third-order valence-corrected chi connectivity index (χ3v) is 5.77. The first-order chi connectivity index (χ1) is 10.8. The molecule has 3 aliphatic rings. The lowest BCUT2D eigenvalue weighted by atomic mass is 9.92. The second kappa shape index (κ2) is 6.05. The Balaban J connectivity index is 1.40. The highest BCUT2D eigenvalue weighted by molar-refractivity contribution is 5.77. The fourth-order valence-electron chi connectivity index (χ4n) is 4.23. The largest absolute Gasteiger partial charge is 0.338 e. The molecule has 1 aliphatic heterocycles. The predicted molar refractivity (Wildman–Crippen MR) is 85.1 cm³/mol. The first kappa shape index (κ1) is 14.3. The predicted octanol–water partition coefficient (Wildman–Crippen LogP) is 3.09. The molecule has 0 radical (unpaired) electrons. The van der Waals surface area contributed by atoms with Gasteiger partial charge in [-0.05, 0) is 68.8 Å². The molecular weight excluding hydrogens is 274 g/mol. The van der Waals surface area contributed by atoms with Crippen LogP contribution in [0.25, 0.3) is 0 Å². The van der Waals surface area contributed by atoms with Crippen LogP contribution < -0.4 is 0 Å². The van der Waals surface area contributed by atoms with Crippen LogP contribution in [-0.2, 0) is 11.3 Å². The normalized spacial score (nSPS) is 25.7. The van der Waals surface area contributed by atoms with Crippen molar-refractivity contribution in [3.63, 3.8) is 0 Å². The lowest BCUT2D eigenvalue weighted by Crippen LogP contribution is -2.46. The zero-order valence-corrected chi connectivity index (χ0v) is 13.4. The molecule has 0 aromatic carbocycles. The second-order valence-electron chi connectivity index (χ2n) is 7.51. The zero-order chi connectivity index (χ0) is 14.9. The quantitative estimate of drug-likeness (QED) is 0.810. The summed E-state index contributed by atoms with van der Waals surface area (Å²) in [5, 5.41) is 4.32. The molecule has 1 aromatic heterocycles. The van der Waals surface area contributed by atoms with E-state index in [0.29, 0.717) is 17.9 Å². The maximum absolute atomic E-state index is 12.9. The number of nitrogens with zero attached hydrogens (tertiary/aromatic N) is 3. The van der Waals surface area contributed by atoms with Crippen LogP contribution in [0, 0.1) is 17.8 Å². The Morgan fingerprint density at radius 2 is 1.91 bits per heavy atom. The third-order valence-electron chi connectivity index (χ3n) is 5.77. The summed E-state index contributed by atoms with van der Waals surface area (Å²) >= 11 is 0. The van der Waals surface area contributed by atoms with E-state index in [2.05, 4.69) is 10.00 Å². The van der Waals surface area contributed by atoms with Gasteiger partial charge in [0.1, 0.15) is 0 Å². The Kier molecular flexibility index (Phi) is 3.93. The van der Waals surface area contributed by atoms with Gasteiger partial charge in [0, 0.05) is 25.4 Å². The van der Waals surface area contributed by atoms with E-state index in [9.17, 15) is 4.79 Å². The minimum Gasteiger partial charge on any atom is -0.338 e. The number of hydrogen-bond donors (Lipinski definition) is 0. The van der Waals surface area contributed by atoms with Crippen molar-refractivity contribution < 1.29 is 4.79 Å². The van der Waals surface area contributed by atoms with Crippen LogP contribution in [0.1, 0.15) is 51.4 Å². The van der Waals surface area contributed by atoms with E-state index >= 15 is 0 Å². The minimum atomic E-state index is 0.347. The molecular formula is C18H27N3O. The number of aromatic nitrogens is 2.